The first-order valence-corrected chi connectivity index (χ1v) is 5.29. The molecule has 0 spiro atoms. The molecule has 0 amide bonds. The number of fused-ring (bicyclic) bond motifs is 2. The number of hydrogen-bond donors (Lipinski definition) is 0. The first-order chi connectivity index (χ1) is 6.33. The Balaban J connectivity index is 2.35. The summed E-state index contributed by atoms with van der Waals surface area (Å²) in [4.78, 5) is 4.29. The van der Waals surface area contributed by atoms with Crippen molar-refractivity contribution in [1.29, 1.82) is 0 Å². The number of thiazole rings is 1. The zero-order valence-electron chi connectivity index (χ0n) is 6.41. The van der Waals surface area contributed by atoms with Gasteiger partial charge in [0.1, 0.15) is 0 Å². The minimum atomic E-state index is 0.313. The van der Waals surface area contributed by atoms with Gasteiger partial charge in [0.15, 0.2) is 15.4 Å². The number of halogens is 1. The van der Waals surface area contributed by atoms with Crippen LogP contribution >= 0.6 is 27.3 Å². The van der Waals surface area contributed by atoms with Crippen LogP contribution in [0.2, 0.25) is 0 Å². The third kappa shape index (κ3) is 1.11. The van der Waals surface area contributed by atoms with Crippen LogP contribution in [0.5, 0.6) is 11.5 Å². The van der Waals surface area contributed by atoms with Crippen LogP contribution in [-0.4, -0.2) is 11.8 Å². The third-order valence-electron chi connectivity index (χ3n) is 1.86. The number of aromatic nitrogens is 1. The summed E-state index contributed by atoms with van der Waals surface area (Å²) in [5, 5.41) is 0. The highest BCUT2D eigenvalue weighted by molar-refractivity contribution is 9.11. The van der Waals surface area contributed by atoms with E-state index < -0.39 is 0 Å². The highest BCUT2D eigenvalue weighted by atomic mass is 79.9. The molecule has 5 heteroatoms. The van der Waals surface area contributed by atoms with Gasteiger partial charge in [0.2, 0.25) is 6.79 Å². The Morgan fingerprint density at radius 2 is 2.08 bits per heavy atom. The molecule has 0 N–H and O–H groups in total. The van der Waals surface area contributed by atoms with Crippen molar-refractivity contribution in [2.24, 2.45) is 0 Å². The number of benzene rings is 1. The lowest BCUT2D eigenvalue weighted by Gasteiger charge is -1.93. The average Bonchev–Trinajstić information content (AvgIpc) is 2.63. The molecule has 1 aliphatic heterocycles. The van der Waals surface area contributed by atoms with Gasteiger partial charge in [0.25, 0.3) is 0 Å². The number of ether oxygens (including phenoxy) is 2. The highest BCUT2D eigenvalue weighted by Gasteiger charge is 2.15. The van der Waals surface area contributed by atoms with Gasteiger partial charge < -0.3 is 9.47 Å². The molecule has 0 aliphatic carbocycles. The second kappa shape index (κ2) is 2.59. The van der Waals surface area contributed by atoms with Gasteiger partial charge in [0.05, 0.1) is 10.2 Å². The van der Waals surface area contributed by atoms with E-state index in [-0.39, 0.29) is 0 Å². The number of nitrogens with zero attached hydrogens (tertiary/aromatic N) is 1. The van der Waals surface area contributed by atoms with E-state index in [0.717, 1.165) is 25.6 Å². The van der Waals surface area contributed by atoms with Gasteiger partial charge >= 0.3 is 0 Å². The lowest BCUT2D eigenvalue weighted by molar-refractivity contribution is 0.174. The first-order valence-electron chi connectivity index (χ1n) is 3.68. The second-order valence-corrected chi connectivity index (χ2v) is 4.95. The second-order valence-electron chi connectivity index (χ2n) is 2.64. The summed E-state index contributed by atoms with van der Waals surface area (Å²) in [6.07, 6.45) is 0. The Labute approximate surface area is 86.4 Å². The Morgan fingerprint density at radius 3 is 2.92 bits per heavy atom. The monoisotopic (exact) mass is 257 g/mol. The molecule has 0 saturated carbocycles. The van der Waals surface area contributed by atoms with E-state index in [1.807, 2.05) is 12.1 Å². The van der Waals surface area contributed by atoms with Crippen molar-refractivity contribution in [3.63, 3.8) is 0 Å². The van der Waals surface area contributed by atoms with E-state index in [4.69, 9.17) is 9.47 Å². The fourth-order valence-corrected chi connectivity index (χ4v) is 2.70. The van der Waals surface area contributed by atoms with Crippen LogP contribution in [0.3, 0.4) is 0 Å². The number of hydrogen-bond acceptors (Lipinski definition) is 4. The van der Waals surface area contributed by atoms with Crippen LogP contribution in [0.15, 0.2) is 16.0 Å². The largest absolute Gasteiger partial charge is 0.454 e. The molecular weight excluding hydrogens is 254 g/mol. The molecule has 13 heavy (non-hydrogen) atoms. The van der Waals surface area contributed by atoms with Crippen LogP contribution in [0.4, 0.5) is 0 Å². The molecule has 0 unspecified atom stereocenters. The van der Waals surface area contributed by atoms with Crippen molar-refractivity contribution >= 4 is 37.5 Å². The maximum atomic E-state index is 5.26. The van der Waals surface area contributed by atoms with E-state index in [1.54, 1.807) is 11.3 Å². The zero-order valence-corrected chi connectivity index (χ0v) is 8.81. The Bertz CT molecular complexity index is 441. The smallest absolute Gasteiger partial charge is 0.231 e. The summed E-state index contributed by atoms with van der Waals surface area (Å²) in [5.74, 6) is 1.59. The molecule has 0 fully saturated rings. The van der Waals surface area contributed by atoms with E-state index in [1.165, 1.54) is 0 Å². The summed E-state index contributed by atoms with van der Waals surface area (Å²) in [7, 11) is 0. The Morgan fingerprint density at radius 1 is 1.31 bits per heavy atom. The molecule has 0 atom stereocenters. The third-order valence-corrected chi connectivity index (χ3v) is 3.33. The summed E-state index contributed by atoms with van der Waals surface area (Å²) >= 11 is 4.93. The average molecular weight is 258 g/mol. The van der Waals surface area contributed by atoms with Crippen LogP contribution < -0.4 is 9.47 Å². The minimum absolute atomic E-state index is 0.313. The van der Waals surface area contributed by atoms with Crippen molar-refractivity contribution in [2.45, 2.75) is 0 Å². The normalized spacial score (nSPS) is 13.9. The van der Waals surface area contributed by atoms with E-state index in [0.29, 0.717) is 6.79 Å². The van der Waals surface area contributed by atoms with Gasteiger partial charge in [-0.05, 0) is 15.9 Å². The van der Waals surface area contributed by atoms with Gasteiger partial charge in [-0.25, -0.2) is 4.98 Å². The van der Waals surface area contributed by atoms with Gasteiger partial charge in [-0.1, -0.05) is 0 Å². The topological polar surface area (TPSA) is 31.4 Å². The molecule has 0 bridgehead atoms. The highest BCUT2D eigenvalue weighted by Crippen LogP contribution is 2.38. The van der Waals surface area contributed by atoms with E-state index >= 15 is 0 Å². The SMILES string of the molecule is Brc1nc2cc3c(cc2s1)OCO3. The van der Waals surface area contributed by atoms with Crippen LogP contribution in [-0.2, 0) is 0 Å². The molecule has 3 rings (SSSR count). The molecule has 0 radical (unpaired) electrons. The number of rotatable bonds is 0. The van der Waals surface area contributed by atoms with Gasteiger partial charge in [-0.3, -0.25) is 0 Å². The lowest BCUT2D eigenvalue weighted by Crippen LogP contribution is -1.92. The van der Waals surface area contributed by atoms with Gasteiger partial charge in [-0.2, -0.15) is 0 Å². The molecular formula is C8H4BrNO2S. The predicted molar refractivity (Wildman–Crippen MR) is 53.4 cm³/mol. The van der Waals surface area contributed by atoms with Crippen molar-refractivity contribution in [3.05, 3.63) is 16.0 Å². The van der Waals surface area contributed by atoms with Gasteiger partial charge in [0, 0.05) is 12.1 Å². The fraction of sp³-hybridized carbons (Fsp3) is 0.125. The van der Waals surface area contributed by atoms with Crippen molar-refractivity contribution in [1.82, 2.24) is 4.98 Å². The quantitative estimate of drug-likeness (QED) is 0.728. The van der Waals surface area contributed by atoms with E-state index in [9.17, 15) is 0 Å². The fourth-order valence-electron chi connectivity index (χ4n) is 1.29. The molecule has 3 nitrogen and oxygen atoms in total. The summed E-state index contributed by atoms with van der Waals surface area (Å²) < 4.78 is 12.5. The first kappa shape index (κ1) is 7.58. The molecule has 2 aromatic rings. The predicted octanol–water partition coefficient (Wildman–Crippen LogP) is 2.79. The van der Waals surface area contributed by atoms with Crippen LogP contribution in [0.1, 0.15) is 0 Å². The molecule has 66 valence electrons. The molecule has 1 aliphatic rings. The molecule has 1 aromatic heterocycles. The van der Waals surface area contributed by atoms with Gasteiger partial charge in [-0.15, -0.1) is 11.3 Å². The Kier molecular flexibility index (Phi) is 1.51. The summed E-state index contributed by atoms with van der Waals surface area (Å²) in [6, 6.07) is 3.86. The zero-order chi connectivity index (χ0) is 8.84. The molecule has 1 aromatic carbocycles. The summed E-state index contributed by atoms with van der Waals surface area (Å²) in [5.41, 5.74) is 0.945. The Hall–Kier alpha value is -0.810. The lowest BCUT2D eigenvalue weighted by atomic mass is 10.3. The van der Waals surface area contributed by atoms with Crippen molar-refractivity contribution in [3.8, 4) is 11.5 Å². The van der Waals surface area contributed by atoms with Crippen LogP contribution in [0.25, 0.3) is 10.2 Å². The maximum absolute atomic E-state index is 5.26. The molecule has 0 saturated heterocycles. The standard InChI is InChI=1S/C8H4BrNO2S/c9-8-10-4-1-5-6(12-3-11-5)2-7(4)13-8/h1-2H,3H2. The van der Waals surface area contributed by atoms with E-state index in [2.05, 4.69) is 20.9 Å². The van der Waals surface area contributed by atoms with Crippen LogP contribution in [0, 0.1) is 0 Å². The molecule has 2 heterocycles. The van der Waals surface area contributed by atoms with Crippen molar-refractivity contribution < 1.29 is 9.47 Å². The summed E-state index contributed by atoms with van der Waals surface area (Å²) in [6.45, 7) is 0.313. The minimum Gasteiger partial charge on any atom is -0.454 e. The maximum Gasteiger partial charge on any atom is 0.231 e. The van der Waals surface area contributed by atoms with Crippen molar-refractivity contribution in [2.75, 3.05) is 6.79 Å².